The first kappa shape index (κ1) is 28.0. The minimum absolute atomic E-state index is 0. The molecule has 1 heterocycles. The normalized spacial score (nSPS) is 16.7. The number of aliphatic imine (C=N–C) groups is 1. The van der Waals surface area contributed by atoms with Crippen LogP contribution >= 0.6 is 24.0 Å². The van der Waals surface area contributed by atoms with Crippen LogP contribution in [0.25, 0.3) is 0 Å². The Balaban J connectivity index is 0.00000480. The summed E-state index contributed by atoms with van der Waals surface area (Å²) in [5, 5.41) is 6.90. The fourth-order valence-electron chi connectivity index (χ4n) is 3.91. The summed E-state index contributed by atoms with van der Waals surface area (Å²) in [5.74, 6) is 2.43. The van der Waals surface area contributed by atoms with Gasteiger partial charge in [-0.1, -0.05) is 32.9 Å². The average molecular weight is 546 g/mol. The molecule has 2 N–H and O–H groups in total. The van der Waals surface area contributed by atoms with Crippen LogP contribution in [0.15, 0.2) is 23.2 Å². The first-order valence-corrected chi connectivity index (χ1v) is 11.6. The molecule has 1 saturated heterocycles. The van der Waals surface area contributed by atoms with Gasteiger partial charge in [0.1, 0.15) is 5.75 Å². The third kappa shape index (κ3) is 10.4. The number of aryl methyl sites for hydroxylation is 1. The van der Waals surface area contributed by atoms with Crippen molar-refractivity contribution in [2.45, 2.75) is 53.7 Å². The summed E-state index contributed by atoms with van der Waals surface area (Å²) < 4.78 is 6.27. The summed E-state index contributed by atoms with van der Waals surface area (Å²) in [4.78, 5) is 9.42. The highest BCUT2D eigenvalue weighted by Crippen LogP contribution is 2.23. The van der Waals surface area contributed by atoms with Crippen molar-refractivity contribution in [3.8, 4) is 5.75 Å². The molecule has 1 unspecified atom stereocenters. The molecule has 0 aliphatic carbocycles. The second-order valence-electron chi connectivity index (χ2n) is 8.80. The lowest BCUT2D eigenvalue weighted by molar-refractivity contribution is 0.139. The third-order valence-corrected chi connectivity index (χ3v) is 5.66. The Morgan fingerprint density at radius 1 is 1.10 bits per heavy atom. The van der Waals surface area contributed by atoms with Gasteiger partial charge in [0.05, 0.1) is 6.10 Å². The molecule has 178 valence electrons. The Labute approximate surface area is 207 Å². The topological polar surface area (TPSA) is 52.1 Å². The molecule has 2 rings (SSSR count). The molecule has 1 aliphatic rings. The molecule has 0 aromatic heterocycles. The molecule has 6 nitrogen and oxygen atoms in total. The molecule has 31 heavy (non-hydrogen) atoms. The fraction of sp³-hybridized carbons (Fsp3) is 0.708. The molecule has 0 amide bonds. The van der Waals surface area contributed by atoms with Crippen LogP contribution in [0.3, 0.4) is 0 Å². The largest absolute Gasteiger partial charge is 0.490 e. The number of piperazine rings is 1. The van der Waals surface area contributed by atoms with Crippen molar-refractivity contribution in [2.24, 2.45) is 10.9 Å². The Bertz CT molecular complexity index is 659. The average Bonchev–Trinajstić information content (AvgIpc) is 2.71. The summed E-state index contributed by atoms with van der Waals surface area (Å²) >= 11 is 0. The van der Waals surface area contributed by atoms with Crippen LogP contribution in [0.4, 0.5) is 0 Å². The summed E-state index contributed by atoms with van der Waals surface area (Å²) in [6.45, 7) is 19.4. The quantitative estimate of drug-likeness (QED) is 0.267. The smallest absolute Gasteiger partial charge is 0.191 e. The van der Waals surface area contributed by atoms with Gasteiger partial charge < -0.3 is 20.3 Å². The number of rotatable bonds is 10. The van der Waals surface area contributed by atoms with Gasteiger partial charge >= 0.3 is 0 Å². The van der Waals surface area contributed by atoms with Crippen molar-refractivity contribution in [1.82, 2.24) is 20.4 Å². The van der Waals surface area contributed by atoms with Gasteiger partial charge in [-0.05, 0) is 44.4 Å². The zero-order valence-corrected chi connectivity index (χ0v) is 22.7. The maximum Gasteiger partial charge on any atom is 0.191 e. The van der Waals surface area contributed by atoms with Crippen LogP contribution in [0, 0.1) is 12.8 Å². The van der Waals surface area contributed by atoms with Crippen molar-refractivity contribution in [3.63, 3.8) is 0 Å². The summed E-state index contributed by atoms with van der Waals surface area (Å²) in [5.41, 5.74) is 2.38. The number of nitrogens with zero attached hydrogens (tertiary/aromatic N) is 3. The number of halogens is 1. The van der Waals surface area contributed by atoms with Crippen molar-refractivity contribution in [3.05, 3.63) is 29.3 Å². The van der Waals surface area contributed by atoms with Crippen LogP contribution in [0.2, 0.25) is 0 Å². The maximum absolute atomic E-state index is 6.27. The maximum atomic E-state index is 6.27. The Hall–Kier alpha value is -1.06. The summed E-state index contributed by atoms with van der Waals surface area (Å²) in [7, 11) is 1.83. The van der Waals surface area contributed by atoms with E-state index in [0.29, 0.717) is 12.5 Å². The van der Waals surface area contributed by atoms with Gasteiger partial charge in [-0.2, -0.15) is 0 Å². The van der Waals surface area contributed by atoms with Gasteiger partial charge in [0.2, 0.25) is 0 Å². The molecular formula is C24H44IN5O. The highest BCUT2D eigenvalue weighted by atomic mass is 127. The lowest BCUT2D eigenvalue weighted by atomic mass is 10.1. The first-order valence-electron chi connectivity index (χ1n) is 11.6. The van der Waals surface area contributed by atoms with E-state index in [1.54, 1.807) is 0 Å². The Morgan fingerprint density at radius 2 is 1.77 bits per heavy atom. The number of benzene rings is 1. The van der Waals surface area contributed by atoms with E-state index in [4.69, 9.17) is 4.74 Å². The van der Waals surface area contributed by atoms with E-state index in [-0.39, 0.29) is 30.1 Å². The minimum atomic E-state index is 0. The molecule has 1 aromatic rings. The van der Waals surface area contributed by atoms with Gasteiger partial charge in [-0.15, -0.1) is 24.0 Å². The predicted molar refractivity (Wildman–Crippen MR) is 143 cm³/mol. The number of guanidine groups is 1. The minimum Gasteiger partial charge on any atom is -0.490 e. The zero-order valence-electron chi connectivity index (χ0n) is 20.4. The molecule has 1 fully saturated rings. The number of nitrogens with one attached hydrogen (secondary N) is 2. The van der Waals surface area contributed by atoms with E-state index in [0.717, 1.165) is 56.4 Å². The van der Waals surface area contributed by atoms with Crippen molar-refractivity contribution in [1.29, 1.82) is 0 Å². The van der Waals surface area contributed by atoms with E-state index >= 15 is 0 Å². The van der Waals surface area contributed by atoms with Crippen molar-refractivity contribution >= 4 is 29.9 Å². The number of likely N-dealkylation sites (N-methyl/N-ethyl adjacent to an activating group) is 1. The van der Waals surface area contributed by atoms with E-state index < -0.39 is 0 Å². The standard InChI is InChI=1S/C24H43N5O.HI/c1-7-28-12-14-29(15-13-28)11-10-26-24(25-6)27-18-22-9-8-20(4)17-23(22)30-21(5)16-19(2)3;/h8-9,17,19,21H,7,10-16,18H2,1-6H3,(H2,25,26,27);1H. The Morgan fingerprint density at radius 3 is 2.39 bits per heavy atom. The van der Waals surface area contributed by atoms with Gasteiger partial charge in [-0.25, -0.2) is 0 Å². The lowest BCUT2D eigenvalue weighted by Crippen LogP contribution is -2.49. The number of hydrogen-bond donors (Lipinski definition) is 2. The molecule has 1 aliphatic heterocycles. The van der Waals surface area contributed by atoms with Crippen LogP contribution in [0.1, 0.15) is 45.2 Å². The van der Waals surface area contributed by atoms with Crippen LogP contribution in [0.5, 0.6) is 5.75 Å². The predicted octanol–water partition coefficient (Wildman–Crippen LogP) is 3.73. The van der Waals surface area contributed by atoms with Crippen LogP contribution < -0.4 is 15.4 Å². The molecule has 0 radical (unpaired) electrons. The van der Waals surface area contributed by atoms with Crippen molar-refractivity contribution in [2.75, 3.05) is 52.9 Å². The molecule has 0 saturated carbocycles. The second kappa shape index (κ2) is 14.9. The van der Waals surface area contributed by atoms with Crippen LogP contribution in [-0.2, 0) is 6.54 Å². The highest BCUT2D eigenvalue weighted by Gasteiger charge is 2.15. The highest BCUT2D eigenvalue weighted by molar-refractivity contribution is 14.0. The number of ether oxygens (including phenoxy) is 1. The van der Waals surface area contributed by atoms with Gasteiger partial charge in [0.25, 0.3) is 0 Å². The van der Waals surface area contributed by atoms with E-state index in [2.05, 4.69) is 78.2 Å². The monoisotopic (exact) mass is 545 g/mol. The third-order valence-electron chi connectivity index (χ3n) is 5.66. The van der Waals surface area contributed by atoms with Crippen LogP contribution in [-0.4, -0.2) is 74.7 Å². The van der Waals surface area contributed by atoms with Gasteiger partial charge in [-0.3, -0.25) is 9.89 Å². The number of hydrogen-bond acceptors (Lipinski definition) is 4. The molecule has 1 aromatic carbocycles. The summed E-state index contributed by atoms with van der Waals surface area (Å²) in [6, 6.07) is 6.43. The zero-order chi connectivity index (χ0) is 21.9. The molecular weight excluding hydrogens is 501 g/mol. The van der Waals surface area contributed by atoms with Crippen molar-refractivity contribution < 1.29 is 4.74 Å². The van der Waals surface area contributed by atoms with E-state index in [9.17, 15) is 0 Å². The molecule has 7 heteroatoms. The Kier molecular flexibility index (Phi) is 13.4. The van der Waals surface area contributed by atoms with Gasteiger partial charge in [0, 0.05) is 58.4 Å². The molecule has 0 bridgehead atoms. The fourth-order valence-corrected chi connectivity index (χ4v) is 3.91. The van der Waals surface area contributed by atoms with Gasteiger partial charge in [0.15, 0.2) is 5.96 Å². The summed E-state index contributed by atoms with van der Waals surface area (Å²) in [6.07, 6.45) is 1.26. The van der Waals surface area contributed by atoms with E-state index in [1.165, 1.54) is 18.7 Å². The second-order valence-corrected chi connectivity index (χ2v) is 8.80. The molecule has 0 spiro atoms. The first-order chi connectivity index (χ1) is 14.4. The lowest BCUT2D eigenvalue weighted by Gasteiger charge is -2.34. The SMILES string of the molecule is CCN1CCN(CCNC(=NC)NCc2ccc(C)cc2OC(C)CC(C)C)CC1.I. The molecule has 1 atom stereocenters. The van der Waals surface area contributed by atoms with E-state index in [1.807, 2.05) is 7.05 Å².